The zero-order valence-electron chi connectivity index (χ0n) is 13.4. The lowest BCUT2D eigenvalue weighted by molar-refractivity contribution is 0.0220. The Balaban J connectivity index is 2.09. The van der Waals surface area contributed by atoms with Gasteiger partial charge in [-0.05, 0) is 30.2 Å². The molecule has 0 saturated heterocycles. The van der Waals surface area contributed by atoms with Gasteiger partial charge in [0.25, 0.3) is 11.8 Å². The normalized spacial score (nSPS) is 12.9. The molecule has 0 radical (unpaired) electrons. The number of imide groups is 1. The van der Waals surface area contributed by atoms with Gasteiger partial charge in [-0.25, -0.2) is 5.01 Å². The quantitative estimate of drug-likeness (QED) is 0.274. The second kappa shape index (κ2) is 7.31. The molecule has 9 heteroatoms. The van der Waals surface area contributed by atoms with Crippen molar-refractivity contribution in [1.82, 2.24) is 20.2 Å². The van der Waals surface area contributed by atoms with Crippen LogP contribution < -0.4 is 5.32 Å². The van der Waals surface area contributed by atoms with Gasteiger partial charge in [-0.2, -0.15) is 5.01 Å². The van der Waals surface area contributed by atoms with Gasteiger partial charge in [0, 0.05) is 27.2 Å². The summed E-state index contributed by atoms with van der Waals surface area (Å²) < 4.78 is 0. The SMILES string of the molecule is CNC(=N)N(C)CCCN(C(=O)Cl)N1C(=O)c2ccccc2C1=O. The monoisotopic (exact) mass is 351 g/mol. The van der Waals surface area contributed by atoms with Crippen LogP contribution in [0.4, 0.5) is 4.79 Å². The third-order valence-electron chi connectivity index (χ3n) is 3.70. The van der Waals surface area contributed by atoms with Crippen molar-refractivity contribution in [2.24, 2.45) is 0 Å². The summed E-state index contributed by atoms with van der Waals surface area (Å²) in [6, 6.07) is 6.38. The zero-order valence-corrected chi connectivity index (χ0v) is 14.1. The van der Waals surface area contributed by atoms with Crippen molar-refractivity contribution in [3.8, 4) is 0 Å². The van der Waals surface area contributed by atoms with Crippen molar-refractivity contribution in [3.63, 3.8) is 0 Å². The Bertz CT molecular complexity index is 658. The summed E-state index contributed by atoms with van der Waals surface area (Å²) in [6.07, 6.45) is 0.423. The predicted molar refractivity (Wildman–Crippen MR) is 88.9 cm³/mol. The van der Waals surface area contributed by atoms with Crippen LogP contribution in [0.15, 0.2) is 24.3 Å². The van der Waals surface area contributed by atoms with Crippen molar-refractivity contribution >= 4 is 34.7 Å². The molecule has 0 saturated carbocycles. The number of nitrogens with one attached hydrogen (secondary N) is 2. The molecule has 0 atom stereocenters. The molecule has 0 aliphatic carbocycles. The number of amides is 3. The number of carbonyl (C=O) groups is 3. The van der Waals surface area contributed by atoms with Crippen molar-refractivity contribution < 1.29 is 14.4 Å². The van der Waals surface area contributed by atoms with Gasteiger partial charge < -0.3 is 10.2 Å². The highest BCUT2D eigenvalue weighted by Gasteiger charge is 2.40. The number of benzene rings is 1. The zero-order chi connectivity index (χ0) is 17.9. The van der Waals surface area contributed by atoms with E-state index < -0.39 is 17.2 Å². The van der Waals surface area contributed by atoms with Gasteiger partial charge in [-0.3, -0.25) is 19.8 Å². The number of nitrogens with zero attached hydrogens (tertiary/aromatic N) is 3. The van der Waals surface area contributed by atoms with E-state index in [2.05, 4.69) is 5.32 Å². The van der Waals surface area contributed by atoms with E-state index in [-0.39, 0.29) is 23.6 Å². The van der Waals surface area contributed by atoms with Crippen LogP contribution in [0.3, 0.4) is 0 Å². The lowest BCUT2D eigenvalue weighted by atomic mass is 10.1. The molecule has 2 rings (SSSR count). The molecule has 8 nitrogen and oxygen atoms in total. The van der Waals surface area contributed by atoms with E-state index >= 15 is 0 Å². The Morgan fingerprint density at radius 2 is 1.75 bits per heavy atom. The lowest BCUT2D eigenvalue weighted by Gasteiger charge is -2.28. The van der Waals surface area contributed by atoms with E-state index in [9.17, 15) is 14.4 Å². The molecule has 1 aromatic carbocycles. The van der Waals surface area contributed by atoms with Crippen molar-refractivity contribution in [2.45, 2.75) is 6.42 Å². The fourth-order valence-electron chi connectivity index (χ4n) is 2.42. The largest absolute Gasteiger partial charge is 0.359 e. The number of carbonyl (C=O) groups excluding carboxylic acids is 3. The molecule has 0 unspecified atom stereocenters. The Morgan fingerprint density at radius 3 is 2.21 bits per heavy atom. The number of hydrogen-bond donors (Lipinski definition) is 2. The van der Waals surface area contributed by atoms with E-state index in [0.717, 1.165) is 10.0 Å². The summed E-state index contributed by atoms with van der Waals surface area (Å²) in [7, 11) is 3.35. The summed E-state index contributed by atoms with van der Waals surface area (Å²) in [4.78, 5) is 38.2. The van der Waals surface area contributed by atoms with Crippen LogP contribution in [0.5, 0.6) is 0 Å². The smallest absolute Gasteiger partial charge is 0.335 e. The van der Waals surface area contributed by atoms with E-state index in [1.807, 2.05) is 0 Å². The minimum Gasteiger partial charge on any atom is -0.359 e. The average Bonchev–Trinajstić information content (AvgIpc) is 2.82. The summed E-state index contributed by atoms with van der Waals surface area (Å²) in [6.45, 7) is 0.526. The number of fused-ring (bicyclic) bond motifs is 1. The summed E-state index contributed by atoms with van der Waals surface area (Å²) in [5.74, 6) is -0.915. The van der Waals surface area contributed by atoms with Crippen molar-refractivity contribution in [1.29, 1.82) is 5.41 Å². The average molecular weight is 352 g/mol. The molecular weight excluding hydrogens is 334 g/mol. The van der Waals surface area contributed by atoms with Crippen LogP contribution >= 0.6 is 11.6 Å². The Hall–Kier alpha value is -2.61. The standard InChI is InChI=1S/C15H18ClN5O3/c1-18-15(17)19(2)8-5-9-20(14(16)24)21-12(22)10-6-3-4-7-11(10)13(21)23/h3-4,6-7H,5,8-9H2,1-2H3,(H2,17,18). The highest BCUT2D eigenvalue weighted by Crippen LogP contribution is 2.25. The fraction of sp³-hybridized carbons (Fsp3) is 0.333. The van der Waals surface area contributed by atoms with E-state index in [1.54, 1.807) is 31.1 Å². The van der Waals surface area contributed by atoms with Crippen molar-refractivity contribution in [3.05, 3.63) is 35.4 Å². The Morgan fingerprint density at radius 1 is 1.21 bits per heavy atom. The maximum atomic E-state index is 12.4. The second-order valence-electron chi connectivity index (χ2n) is 5.22. The first-order valence-electron chi connectivity index (χ1n) is 7.30. The number of hydrogen-bond acceptors (Lipinski definition) is 4. The van der Waals surface area contributed by atoms with Crippen LogP contribution in [0.1, 0.15) is 27.1 Å². The molecule has 3 amide bonds. The summed E-state index contributed by atoms with van der Waals surface area (Å²) in [5, 5.41) is 11.1. The number of halogens is 1. The molecule has 0 spiro atoms. The lowest BCUT2D eigenvalue weighted by Crippen LogP contribution is -2.48. The number of rotatable bonds is 5. The molecule has 2 N–H and O–H groups in total. The Kier molecular flexibility index (Phi) is 5.40. The molecule has 1 heterocycles. The minimum absolute atomic E-state index is 0.0785. The maximum Gasteiger partial charge on any atom is 0.335 e. The molecule has 1 aromatic rings. The highest BCUT2D eigenvalue weighted by molar-refractivity contribution is 6.63. The first kappa shape index (κ1) is 17.7. The molecule has 1 aliphatic heterocycles. The summed E-state index contributed by atoms with van der Waals surface area (Å²) in [5.41, 5.74) is 0.499. The van der Waals surface area contributed by atoms with Crippen LogP contribution in [0.2, 0.25) is 0 Å². The van der Waals surface area contributed by atoms with Gasteiger partial charge in [0.2, 0.25) is 0 Å². The predicted octanol–water partition coefficient (Wildman–Crippen LogP) is 1.33. The minimum atomic E-state index is -0.907. The molecule has 0 aromatic heterocycles. The van der Waals surface area contributed by atoms with Gasteiger partial charge in [-0.1, -0.05) is 12.1 Å². The van der Waals surface area contributed by atoms with Gasteiger partial charge in [-0.15, -0.1) is 0 Å². The molecular formula is C15H18ClN5O3. The number of guanidine groups is 1. The Labute approximate surface area is 144 Å². The first-order chi connectivity index (χ1) is 11.4. The molecule has 0 fully saturated rings. The third-order valence-corrected chi connectivity index (χ3v) is 3.89. The third kappa shape index (κ3) is 3.33. The van der Waals surface area contributed by atoms with Crippen LogP contribution in [0.25, 0.3) is 0 Å². The topological polar surface area (TPSA) is 96.8 Å². The fourth-order valence-corrected chi connectivity index (χ4v) is 2.58. The van der Waals surface area contributed by atoms with Crippen LogP contribution in [0, 0.1) is 5.41 Å². The summed E-state index contributed by atoms with van der Waals surface area (Å²) >= 11 is 5.58. The van der Waals surface area contributed by atoms with Crippen LogP contribution in [-0.4, -0.2) is 65.2 Å². The molecule has 24 heavy (non-hydrogen) atoms. The van der Waals surface area contributed by atoms with Crippen molar-refractivity contribution in [2.75, 3.05) is 27.2 Å². The number of hydrazine groups is 1. The van der Waals surface area contributed by atoms with Gasteiger partial charge in [0.1, 0.15) is 0 Å². The van der Waals surface area contributed by atoms with E-state index in [0.29, 0.717) is 13.0 Å². The molecule has 0 bridgehead atoms. The van der Waals surface area contributed by atoms with Crippen LogP contribution in [-0.2, 0) is 0 Å². The van der Waals surface area contributed by atoms with Gasteiger partial charge >= 0.3 is 5.37 Å². The highest BCUT2D eigenvalue weighted by atomic mass is 35.5. The second-order valence-corrected chi connectivity index (χ2v) is 5.54. The van der Waals surface area contributed by atoms with Gasteiger partial charge in [0.15, 0.2) is 5.96 Å². The van der Waals surface area contributed by atoms with E-state index in [4.69, 9.17) is 17.0 Å². The first-order valence-corrected chi connectivity index (χ1v) is 7.68. The van der Waals surface area contributed by atoms with Gasteiger partial charge in [0.05, 0.1) is 11.1 Å². The molecule has 1 aliphatic rings. The molecule has 128 valence electrons. The maximum absolute atomic E-state index is 12.4. The van der Waals surface area contributed by atoms with E-state index in [1.165, 1.54) is 12.1 Å².